The lowest BCUT2D eigenvalue weighted by Gasteiger charge is -2.07. The van der Waals surface area contributed by atoms with E-state index in [-0.39, 0.29) is 5.91 Å². The molecule has 0 aliphatic heterocycles. The molecule has 118 valence electrons. The molecule has 0 bridgehead atoms. The number of furan rings is 1. The summed E-state index contributed by atoms with van der Waals surface area (Å²) in [5.41, 5.74) is 2.54. The number of rotatable bonds is 2. The van der Waals surface area contributed by atoms with Crippen molar-refractivity contribution in [3.63, 3.8) is 0 Å². The average Bonchev–Trinajstić information content (AvgIpc) is 2.96. The minimum Gasteiger partial charge on any atom is -0.456 e. The lowest BCUT2D eigenvalue weighted by molar-refractivity contribution is 0.102. The van der Waals surface area contributed by atoms with Crippen LogP contribution < -0.4 is 5.32 Å². The monoisotopic (exact) mass is 355 g/mol. The molecule has 0 spiro atoms. The van der Waals surface area contributed by atoms with Gasteiger partial charge in [0.1, 0.15) is 11.2 Å². The predicted molar refractivity (Wildman–Crippen MR) is 98.1 cm³/mol. The van der Waals surface area contributed by atoms with Gasteiger partial charge in [-0.15, -0.1) is 0 Å². The van der Waals surface area contributed by atoms with Crippen LogP contribution in [-0.4, -0.2) is 5.91 Å². The summed E-state index contributed by atoms with van der Waals surface area (Å²) in [6.07, 6.45) is 0. The summed E-state index contributed by atoms with van der Waals surface area (Å²) in [6, 6.07) is 18.0. The number of hydrogen-bond acceptors (Lipinski definition) is 2. The van der Waals surface area contributed by atoms with E-state index >= 15 is 0 Å². The molecule has 1 aromatic heterocycles. The molecular weight excluding hydrogens is 345 g/mol. The maximum Gasteiger partial charge on any atom is 0.255 e. The van der Waals surface area contributed by atoms with Gasteiger partial charge in [0.05, 0.1) is 10.7 Å². The summed E-state index contributed by atoms with van der Waals surface area (Å²) in [5.74, 6) is -0.258. The highest BCUT2D eigenvalue weighted by Gasteiger charge is 2.12. The standard InChI is InChI=1S/C19H11Cl2NO2/c20-12-6-7-15(21)16(10-12)22-19(23)11-5-8-18-14(9-11)13-3-1-2-4-17(13)24-18/h1-10H,(H,22,23). The maximum absolute atomic E-state index is 12.5. The number of halogens is 2. The maximum atomic E-state index is 12.5. The van der Waals surface area contributed by atoms with Crippen LogP contribution in [0.4, 0.5) is 5.69 Å². The first-order valence-electron chi connectivity index (χ1n) is 7.29. The molecule has 1 amide bonds. The Hall–Kier alpha value is -2.49. The number of benzene rings is 3. The zero-order valence-electron chi connectivity index (χ0n) is 12.3. The molecule has 0 radical (unpaired) electrons. The number of carbonyl (C=O) groups is 1. The van der Waals surface area contributed by atoms with E-state index in [0.29, 0.717) is 21.3 Å². The molecule has 1 heterocycles. The molecule has 5 heteroatoms. The lowest BCUT2D eigenvalue weighted by atomic mass is 10.1. The van der Waals surface area contributed by atoms with Crippen LogP contribution in [0.25, 0.3) is 21.9 Å². The normalized spacial score (nSPS) is 11.1. The average molecular weight is 356 g/mol. The van der Waals surface area contributed by atoms with Crippen LogP contribution in [0.2, 0.25) is 10.0 Å². The van der Waals surface area contributed by atoms with Crippen LogP contribution in [0.3, 0.4) is 0 Å². The highest BCUT2D eigenvalue weighted by atomic mass is 35.5. The van der Waals surface area contributed by atoms with E-state index in [0.717, 1.165) is 21.9 Å². The second-order valence-corrected chi connectivity index (χ2v) is 6.23. The van der Waals surface area contributed by atoms with Gasteiger partial charge in [-0.1, -0.05) is 41.4 Å². The molecule has 1 N–H and O–H groups in total. The smallest absolute Gasteiger partial charge is 0.255 e. The van der Waals surface area contributed by atoms with Gasteiger partial charge in [0.2, 0.25) is 0 Å². The first-order chi connectivity index (χ1) is 11.6. The fourth-order valence-corrected chi connectivity index (χ4v) is 2.99. The fourth-order valence-electron chi connectivity index (χ4n) is 2.66. The van der Waals surface area contributed by atoms with Crippen molar-refractivity contribution in [1.82, 2.24) is 0 Å². The van der Waals surface area contributed by atoms with Crippen LogP contribution in [0.5, 0.6) is 0 Å². The third-order valence-corrected chi connectivity index (χ3v) is 4.38. The summed E-state index contributed by atoms with van der Waals surface area (Å²) in [6.45, 7) is 0. The minimum atomic E-state index is -0.258. The van der Waals surface area contributed by atoms with Crippen LogP contribution in [0.15, 0.2) is 65.1 Å². The summed E-state index contributed by atoms with van der Waals surface area (Å²) < 4.78 is 5.77. The Morgan fingerprint density at radius 1 is 0.875 bits per heavy atom. The van der Waals surface area contributed by atoms with Crippen LogP contribution in [-0.2, 0) is 0 Å². The molecule has 3 aromatic carbocycles. The predicted octanol–water partition coefficient (Wildman–Crippen LogP) is 6.15. The van der Waals surface area contributed by atoms with Crippen molar-refractivity contribution >= 4 is 56.7 Å². The summed E-state index contributed by atoms with van der Waals surface area (Å²) in [5, 5.41) is 5.60. The number of hydrogen-bond donors (Lipinski definition) is 1. The molecule has 4 rings (SSSR count). The van der Waals surface area contributed by atoms with E-state index in [1.807, 2.05) is 30.3 Å². The Labute approximate surface area is 147 Å². The number of para-hydroxylation sites is 1. The van der Waals surface area contributed by atoms with Gasteiger partial charge in [-0.2, -0.15) is 0 Å². The van der Waals surface area contributed by atoms with Gasteiger partial charge in [0.25, 0.3) is 5.91 Å². The van der Waals surface area contributed by atoms with Gasteiger partial charge in [0, 0.05) is 21.4 Å². The Balaban J connectivity index is 1.74. The molecular formula is C19H11Cl2NO2. The van der Waals surface area contributed by atoms with Crippen molar-refractivity contribution in [2.24, 2.45) is 0 Å². The first kappa shape index (κ1) is 15.1. The second kappa shape index (κ2) is 5.86. The second-order valence-electron chi connectivity index (χ2n) is 5.39. The third kappa shape index (κ3) is 2.62. The highest BCUT2D eigenvalue weighted by Crippen LogP contribution is 2.30. The lowest BCUT2D eigenvalue weighted by Crippen LogP contribution is -2.12. The Morgan fingerprint density at radius 2 is 1.67 bits per heavy atom. The van der Waals surface area contributed by atoms with Crippen molar-refractivity contribution in [2.45, 2.75) is 0 Å². The molecule has 4 aromatic rings. The molecule has 3 nitrogen and oxygen atoms in total. The molecule has 0 fully saturated rings. The summed E-state index contributed by atoms with van der Waals surface area (Å²) in [4.78, 5) is 12.5. The van der Waals surface area contributed by atoms with E-state index in [9.17, 15) is 4.79 Å². The first-order valence-corrected chi connectivity index (χ1v) is 8.05. The van der Waals surface area contributed by atoms with Crippen LogP contribution in [0.1, 0.15) is 10.4 Å². The summed E-state index contributed by atoms with van der Waals surface area (Å²) >= 11 is 12.0. The number of amides is 1. The Morgan fingerprint density at radius 3 is 2.54 bits per heavy atom. The number of fused-ring (bicyclic) bond motifs is 3. The Kier molecular flexibility index (Phi) is 3.68. The van der Waals surface area contributed by atoms with Crippen molar-refractivity contribution in [1.29, 1.82) is 0 Å². The van der Waals surface area contributed by atoms with Crippen molar-refractivity contribution in [2.75, 3.05) is 5.32 Å². The zero-order valence-corrected chi connectivity index (χ0v) is 13.9. The quantitative estimate of drug-likeness (QED) is 0.468. The SMILES string of the molecule is O=C(Nc1cc(Cl)ccc1Cl)c1ccc2oc3ccccc3c2c1. The van der Waals surface area contributed by atoms with Crippen molar-refractivity contribution < 1.29 is 9.21 Å². The minimum absolute atomic E-state index is 0.258. The molecule has 0 saturated carbocycles. The van der Waals surface area contributed by atoms with Gasteiger partial charge < -0.3 is 9.73 Å². The number of carbonyl (C=O) groups excluding carboxylic acids is 1. The van der Waals surface area contributed by atoms with E-state index < -0.39 is 0 Å². The van der Waals surface area contributed by atoms with E-state index in [4.69, 9.17) is 27.6 Å². The van der Waals surface area contributed by atoms with Gasteiger partial charge in [-0.05, 0) is 42.5 Å². The van der Waals surface area contributed by atoms with Gasteiger partial charge >= 0.3 is 0 Å². The third-order valence-electron chi connectivity index (χ3n) is 3.82. The Bertz CT molecular complexity index is 1090. The van der Waals surface area contributed by atoms with Gasteiger partial charge in [0.15, 0.2) is 0 Å². The highest BCUT2D eigenvalue weighted by molar-refractivity contribution is 6.36. The van der Waals surface area contributed by atoms with Crippen LogP contribution >= 0.6 is 23.2 Å². The van der Waals surface area contributed by atoms with Crippen LogP contribution in [0, 0.1) is 0 Å². The summed E-state index contributed by atoms with van der Waals surface area (Å²) in [7, 11) is 0. The van der Waals surface area contributed by atoms with E-state index in [1.165, 1.54) is 0 Å². The van der Waals surface area contributed by atoms with Gasteiger partial charge in [-0.25, -0.2) is 0 Å². The number of anilines is 1. The van der Waals surface area contributed by atoms with E-state index in [1.54, 1.807) is 30.3 Å². The fraction of sp³-hybridized carbons (Fsp3) is 0. The molecule has 24 heavy (non-hydrogen) atoms. The van der Waals surface area contributed by atoms with Gasteiger partial charge in [-0.3, -0.25) is 4.79 Å². The molecule has 0 saturated heterocycles. The largest absolute Gasteiger partial charge is 0.456 e. The number of nitrogens with one attached hydrogen (secondary N) is 1. The topological polar surface area (TPSA) is 42.2 Å². The molecule has 0 unspecified atom stereocenters. The molecule has 0 aliphatic rings. The molecule has 0 aliphatic carbocycles. The van der Waals surface area contributed by atoms with Crippen molar-refractivity contribution in [3.8, 4) is 0 Å². The van der Waals surface area contributed by atoms with E-state index in [2.05, 4.69) is 5.32 Å². The zero-order chi connectivity index (χ0) is 16.7. The molecule has 0 atom stereocenters. The van der Waals surface area contributed by atoms with Crippen molar-refractivity contribution in [3.05, 3.63) is 76.3 Å².